The van der Waals surface area contributed by atoms with Crippen LogP contribution in [0.1, 0.15) is 36.0 Å². The first kappa shape index (κ1) is 22.2. The lowest BCUT2D eigenvalue weighted by molar-refractivity contribution is 0.0600. The summed E-state index contributed by atoms with van der Waals surface area (Å²) in [6.45, 7) is 1.38. The number of carbonyl (C=O) groups is 1. The van der Waals surface area contributed by atoms with Gasteiger partial charge in [0.25, 0.3) is 10.2 Å². The van der Waals surface area contributed by atoms with Crippen LogP contribution in [-0.4, -0.2) is 82.1 Å². The maximum Gasteiger partial charge on any atom is 0.337 e. The van der Waals surface area contributed by atoms with Crippen molar-refractivity contribution in [1.82, 2.24) is 12.9 Å². The molecule has 0 radical (unpaired) electrons. The molecule has 2 aliphatic heterocycles. The highest BCUT2D eigenvalue weighted by Crippen LogP contribution is 2.22. The minimum atomic E-state index is -3.84. The van der Waals surface area contributed by atoms with E-state index >= 15 is 0 Å². The Kier molecular flexibility index (Phi) is 6.94. The smallest absolute Gasteiger partial charge is 0.337 e. The normalized spacial score (nSPS) is 20.9. The molecule has 2 heterocycles. The largest absolute Gasteiger partial charge is 0.465 e. The first-order valence-corrected chi connectivity index (χ1v) is 12.5. The number of carbonyl (C=O) groups excluding carboxylic acids is 1. The number of methoxy groups -OCH3 is 1. The molecule has 11 heteroatoms. The third-order valence-corrected chi connectivity index (χ3v) is 9.24. The fraction of sp³-hybridized carbons (Fsp3) is 0.611. The summed E-state index contributed by atoms with van der Waals surface area (Å²) in [5.41, 5.74) is 0.149. The fourth-order valence-electron chi connectivity index (χ4n) is 3.63. The maximum atomic E-state index is 12.9. The van der Waals surface area contributed by atoms with Crippen molar-refractivity contribution in [2.45, 2.75) is 30.6 Å². The Morgan fingerprint density at radius 2 is 1.38 bits per heavy atom. The summed E-state index contributed by atoms with van der Waals surface area (Å²) in [6.07, 6.45) is 3.76. The number of nitrogens with zero attached hydrogens (tertiary/aromatic N) is 3. The summed E-state index contributed by atoms with van der Waals surface area (Å²) in [5, 5.41) is 0. The van der Waals surface area contributed by atoms with Gasteiger partial charge in [0.1, 0.15) is 0 Å². The van der Waals surface area contributed by atoms with E-state index in [1.165, 1.54) is 44.3 Å². The van der Waals surface area contributed by atoms with Crippen LogP contribution in [0.2, 0.25) is 0 Å². The molecule has 2 fully saturated rings. The molecule has 0 spiro atoms. The van der Waals surface area contributed by atoms with E-state index in [1.54, 1.807) is 0 Å². The molecule has 162 valence electrons. The second-order valence-electron chi connectivity index (χ2n) is 7.14. The maximum absolute atomic E-state index is 12.9. The third kappa shape index (κ3) is 4.80. The summed E-state index contributed by atoms with van der Waals surface area (Å²) < 4.78 is 60.5. The molecule has 0 saturated carbocycles. The van der Waals surface area contributed by atoms with Gasteiger partial charge in [-0.3, -0.25) is 0 Å². The van der Waals surface area contributed by atoms with E-state index in [4.69, 9.17) is 0 Å². The van der Waals surface area contributed by atoms with Crippen LogP contribution >= 0.6 is 0 Å². The van der Waals surface area contributed by atoms with Gasteiger partial charge in [-0.05, 0) is 31.0 Å². The molecule has 29 heavy (non-hydrogen) atoms. The van der Waals surface area contributed by atoms with Crippen LogP contribution in [0.3, 0.4) is 0 Å². The zero-order valence-corrected chi connectivity index (χ0v) is 18.1. The Hall–Kier alpha value is -1.53. The van der Waals surface area contributed by atoms with Crippen molar-refractivity contribution in [2.24, 2.45) is 0 Å². The van der Waals surface area contributed by atoms with Crippen molar-refractivity contribution in [3.05, 3.63) is 29.8 Å². The van der Waals surface area contributed by atoms with Gasteiger partial charge in [0.2, 0.25) is 10.0 Å². The topological polar surface area (TPSA) is 104 Å². The Bertz CT molecular complexity index is 932. The average Bonchev–Trinajstić information content (AvgIpc) is 3.03. The fourth-order valence-corrected chi connectivity index (χ4v) is 6.77. The predicted octanol–water partition coefficient (Wildman–Crippen LogP) is 0.900. The van der Waals surface area contributed by atoms with E-state index in [0.717, 1.165) is 25.7 Å². The zero-order chi connectivity index (χ0) is 21.1. The molecule has 9 nitrogen and oxygen atoms in total. The second kappa shape index (κ2) is 9.09. The molecule has 0 aliphatic carbocycles. The van der Waals surface area contributed by atoms with Crippen LogP contribution in [0, 0.1) is 0 Å². The van der Waals surface area contributed by atoms with E-state index < -0.39 is 26.2 Å². The summed E-state index contributed by atoms with van der Waals surface area (Å²) in [7, 11) is -6.19. The molecule has 0 atom stereocenters. The molecular weight excluding hydrogens is 418 g/mol. The van der Waals surface area contributed by atoms with Gasteiger partial charge >= 0.3 is 5.97 Å². The highest BCUT2D eigenvalue weighted by Gasteiger charge is 2.36. The summed E-state index contributed by atoms with van der Waals surface area (Å²) >= 11 is 0. The SMILES string of the molecule is COC(=O)c1cccc(S(=O)(=O)N2CCN(S(=O)(=O)N3CCCCCC3)CC2)c1. The molecule has 0 bridgehead atoms. The van der Waals surface area contributed by atoms with E-state index in [-0.39, 0.29) is 36.6 Å². The summed E-state index contributed by atoms with van der Waals surface area (Å²) in [6, 6.07) is 5.67. The highest BCUT2D eigenvalue weighted by atomic mass is 32.2. The lowest BCUT2D eigenvalue weighted by Gasteiger charge is -2.36. The van der Waals surface area contributed by atoms with Crippen molar-refractivity contribution < 1.29 is 26.4 Å². The quantitative estimate of drug-likeness (QED) is 0.624. The lowest BCUT2D eigenvalue weighted by atomic mass is 10.2. The van der Waals surface area contributed by atoms with Crippen LogP contribution in [0.25, 0.3) is 0 Å². The summed E-state index contributed by atoms with van der Waals surface area (Å²) in [5.74, 6) is -0.615. The number of ether oxygens (including phenoxy) is 1. The average molecular weight is 446 g/mol. The Morgan fingerprint density at radius 3 is 1.97 bits per heavy atom. The van der Waals surface area contributed by atoms with Gasteiger partial charge in [0.05, 0.1) is 17.6 Å². The lowest BCUT2D eigenvalue weighted by Crippen LogP contribution is -2.54. The molecule has 0 amide bonds. The Labute approximate surface area is 172 Å². The predicted molar refractivity (Wildman–Crippen MR) is 107 cm³/mol. The number of esters is 1. The molecule has 0 N–H and O–H groups in total. The Morgan fingerprint density at radius 1 is 0.828 bits per heavy atom. The standard InChI is InChI=1S/C18H27N3O6S2/c1-27-18(22)16-7-6-8-17(15-16)28(23,24)19-11-13-21(14-12-19)29(25,26)20-9-4-2-3-5-10-20/h6-8,15H,2-5,9-14H2,1H3. The zero-order valence-electron chi connectivity index (χ0n) is 16.5. The third-order valence-electron chi connectivity index (χ3n) is 5.31. The van der Waals surface area contributed by atoms with E-state index in [2.05, 4.69) is 4.74 Å². The molecule has 0 aromatic heterocycles. The van der Waals surface area contributed by atoms with E-state index in [9.17, 15) is 21.6 Å². The minimum absolute atomic E-state index is 0.00998. The van der Waals surface area contributed by atoms with Gasteiger partial charge in [-0.15, -0.1) is 0 Å². The molecule has 1 aromatic carbocycles. The van der Waals surface area contributed by atoms with Gasteiger partial charge in [-0.25, -0.2) is 13.2 Å². The van der Waals surface area contributed by atoms with Gasteiger partial charge in [-0.2, -0.15) is 21.3 Å². The van der Waals surface area contributed by atoms with Crippen LogP contribution in [0.5, 0.6) is 0 Å². The van der Waals surface area contributed by atoms with Gasteiger partial charge in [-0.1, -0.05) is 18.9 Å². The molecule has 2 saturated heterocycles. The van der Waals surface area contributed by atoms with Crippen molar-refractivity contribution in [3.8, 4) is 0 Å². The minimum Gasteiger partial charge on any atom is -0.465 e. The molecule has 3 rings (SSSR count). The monoisotopic (exact) mass is 445 g/mol. The van der Waals surface area contributed by atoms with Gasteiger partial charge in [0.15, 0.2) is 0 Å². The van der Waals surface area contributed by atoms with Crippen molar-refractivity contribution >= 4 is 26.2 Å². The number of piperazine rings is 1. The molecular formula is C18H27N3O6S2. The van der Waals surface area contributed by atoms with Crippen LogP contribution < -0.4 is 0 Å². The number of rotatable bonds is 5. The molecule has 0 unspecified atom stereocenters. The van der Waals surface area contributed by atoms with Crippen LogP contribution in [0.4, 0.5) is 0 Å². The second-order valence-corrected chi connectivity index (χ2v) is 11.0. The number of hydrogen-bond donors (Lipinski definition) is 0. The number of benzene rings is 1. The summed E-state index contributed by atoms with van der Waals surface area (Å²) in [4.78, 5) is 11.7. The first-order valence-electron chi connectivity index (χ1n) is 9.70. The highest BCUT2D eigenvalue weighted by molar-refractivity contribution is 7.89. The number of hydrogen-bond acceptors (Lipinski definition) is 6. The van der Waals surface area contributed by atoms with Crippen molar-refractivity contribution in [2.75, 3.05) is 46.4 Å². The van der Waals surface area contributed by atoms with Crippen LogP contribution in [0.15, 0.2) is 29.2 Å². The van der Waals surface area contributed by atoms with Gasteiger partial charge in [0, 0.05) is 39.3 Å². The number of sulfonamides is 1. The van der Waals surface area contributed by atoms with Crippen LogP contribution in [-0.2, 0) is 25.0 Å². The van der Waals surface area contributed by atoms with Gasteiger partial charge < -0.3 is 4.74 Å². The van der Waals surface area contributed by atoms with Crippen molar-refractivity contribution in [1.29, 1.82) is 0 Å². The first-order chi connectivity index (χ1) is 13.8. The van der Waals surface area contributed by atoms with E-state index in [1.807, 2.05) is 0 Å². The Balaban J connectivity index is 1.70. The van der Waals surface area contributed by atoms with Crippen molar-refractivity contribution in [3.63, 3.8) is 0 Å². The van der Waals surface area contributed by atoms with E-state index in [0.29, 0.717) is 13.1 Å². The molecule has 2 aliphatic rings. The molecule has 1 aromatic rings.